The number of nitrogens with zero attached hydrogens (tertiary/aromatic N) is 1. The fraction of sp³-hybridized carbons (Fsp3) is 0.227. The molecule has 0 saturated carbocycles. The van der Waals surface area contributed by atoms with Crippen LogP contribution in [0.25, 0.3) is 10.9 Å². The summed E-state index contributed by atoms with van der Waals surface area (Å²) < 4.78 is 12.3. The summed E-state index contributed by atoms with van der Waals surface area (Å²) in [6, 6.07) is 15.1. The molecule has 1 aliphatic rings. The topological polar surface area (TPSA) is 111 Å². The lowest BCUT2D eigenvalue weighted by molar-refractivity contribution is -0.130. The summed E-state index contributed by atoms with van der Waals surface area (Å²) in [5.41, 5.74) is 6.51. The largest absolute Gasteiger partial charge is 0.454 e. The minimum absolute atomic E-state index is 0.00843. The maximum atomic E-state index is 12.1. The van der Waals surface area contributed by atoms with Crippen LogP contribution in [0.2, 0.25) is 0 Å². The molecule has 0 atom stereocenters. The predicted molar refractivity (Wildman–Crippen MR) is 112 cm³/mol. The van der Waals surface area contributed by atoms with E-state index < -0.39 is 5.91 Å². The van der Waals surface area contributed by atoms with Gasteiger partial charge < -0.3 is 19.4 Å². The summed E-state index contributed by atoms with van der Waals surface area (Å²) in [4.78, 5) is 36.0. The van der Waals surface area contributed by atoms with E-state index in [2.05, 4.69) is 16.2 Å². The molecule has 9 nitrogen and oxygen atoms in total. The van der Waals surface area contributed by atoms with Gasteiger partial charge in [-0.15, -0.1) is 0 Å². The number of rotatable bonds is 7. The standard InChI is InChI=1S/C22H22N4O5/c27-20(23-12-15-5-6-18-19(11-15)31-14-30-18)7-8-21(28)24-25-22(29)13-26-10-9-16-3-1-2-4-17(16)26/h1-6,9-11H,7-8,12-14H2,(H,23,27)(H,24,28)(H,25,29). The lowest BCUT2D eigenvalue weighted by Gasteiger charge is -2.09. The molecule has 2 aromatic carbocycles. The van der Waals surface area contributed by atoms with Crippen LogP contribution in [0.15, 0.2) is 54.7 Å². The average Bonchev–Trinajstić information content (AvgIpc) is 3.41. The Balaban J connectivity index is 1.15. The zero-order valence-electron chi connectivity index (χ0n) is 16.7. The number of ether oxygens (including phenoxy) is 2. The first-order chi connectivity index (χ1) is 15.1. The van der Waals surface area contributed by atoms with Gasteiger partial charge in [-0.25, -0.2) is 0 Å². The molecule has 0 spiro atoms. The molecule has 0 fully saturated rings. The fourth-order valence-corrected chi connectivity index (χ4v) is 3.24. The van der Waals surface area contributed by atoms with Gasteiger partial charge in [0.25, 0.3) is 5.91 Å². The van der Waals surface area contributed by atoms with Gasteiger partial charge in [-0.05, 0) is 35.2 Å². The summed E-state index contributed by atoms with van der Waals surface area (Å²) in [5, 5.41) is 3.78. The van der Waals surface area contributed by atoms with Crippen molar-refractivity contribution in [3.8, 4) is 11.5 Å². The van der Waals surface area contributed by atoms with Crippen LogP contribution in [0.5, 0.6) is 11.5 Å². The third-order valence-corrected chi connectivity index (χ3v) is 4.84. The van der Waals surface area contributed by atoms with Crippen molar-refractivity contribution in [2.24, 2.45) is 0 Å². The Hall–Kier alpha value is -4.01. The van der Waals surface area contributed by atoms with E-state index in [0.717, 1.165) is 16.5 Å². The van der Waals surface area contributed by atoms with Gasteiger partial charge in [0, 0.05) is 31.1 Å². The molecule has 160 valence electrons. The van der Waals surface area contributed by atoms with Crippen LogP contribution in [0, 0.1) is 0 Å². The van der Waals surface area contributed by atoms with Crippen molar-refractivity contribution in [2.75, 3.05) is 6.79 Å². The summed E-state index contributed by atoms with van der Waals surface area (Å²) in [7, 11) is 0. The molecule has 0 bridgehead atoms. The molecule has 0 unspecified atom stereocenters. The van der Waals surface area contributed by atoms with Crippen LogP contribution < -0.4 is 25.6 Å². The van der Waals surface area contributed by atoms with Crippen molar-refractivity contribution < 1.29 is 23.9 Å². The second kappa shape index (κ2) is 9.21. The van der Waals surface area contributed by atoms with Gasteiger partial charge in [-0.1, -0.05) is 24.3 Å². The molecule has 3 N–H and O–H groups in total. The van der Waals surface area contributed by atoms with E-state index in [1.54, 1.807) is 16.7 Å². The first-order valence-corrected chi connectivity index (χ1v) is 9.85. The number of carbonyl (C=O) groups excluding carboxylic acids is 3. The highest BCUT2D eigenvalue weighted by atomic mass is 16.7. The highest BCUT2D eigenvalue weighted by molar-refractivity contribution is 5.86. The number of nitrogens with one attached hydrogen (secondary N) is 3. The molecule has 31 heavy (non-hydrogen) atoms. The maximum absolute atomic E-state index is 12.1. The van der Waals surface area contributed by atoms with Crippen LogP contribution in [0.3, 0.4) is 0 Å². The van der Waals surface area contributed by atoms with E-state index in [-0.39, 0.29) is 38.0 Å². The van der Waals surface area contributed by atoms with Gasteiger partial charge in [0.15, 0.2) is 11.5 Å². The third-order valence-electron chi connectivity index (χ3n) is 4.84. The minimum Gasteiger partial charge on any atom is -0.454 e. The highest BCUT2D eigenvalue weighted by Gasteiger charge is 2.14. The van der Waals surface area contributed by atoms with Gasteiger partial charge in [0.2, 0.25) is 18.6 Å². The normalized spacial score (nSPS) is 11.9. The monoisotopic (exact) mass is 422 g/mol. The lowest BCUT2D eigenvalue weighted by Crippen LogP contribution is -2.43. The Morgan fingerprint density at radius 1 is 0.871 bits per heavy atom. The summed E-state index contributed by atoms with van der Waals surface area (Å²) >= 11 is 0. The van der Waals surface area contributed by atoms with Crippen LogP contribution in [0.1, 0.15) is 18.4 Å². The Morgan fingerprint density at radius 2 is 1.65 bits per heavy atom. The SMILES string of the molecule is O=C(CCC(=O)NNC(=O)Cn1ccc2ccccc21)NCc1ccc2c(c1)OCO2. The highest BCUT2D eigenvalue weighted by Crippen LogP contribution is 2.32. The number of fused-ring (bicyclic) bond motifs is 2. The summed E-state index contributed by atoms with van der Waals surface area (Å²) in [6.45, 7) is 0.585. The van der Waals surface area contributed by atoms with Crippen LogP contribution >= 0.6 is 0 Å². The molecule has 0 aliphatic carbocycles. The van der Waals surface area contributed by atoms with Crippen LogP contribution in [-0.4, -0.2) is 29.1 Å². The second-order valence-corrected chi connectivity index (χ2v) is 7.06. The van der Waals surface area contributed by atoms with E-state index in [4.69, 9.17) is 9.47 Å². The van der Waals surface area contributed by atoms with E-state index >= 15 is 0 Å². The van der Waals surface area contributed by atoms with Gasteiger partial charge >= 0.3 is 0 Å². The number of para-hydroxylation sites is 1. The molecule has 0 radical (unpaired) electrons. The first-order valence-electron chi connectivity index (χ1n) is 9.85. The van der Waals surface area contributed by atoms with Crippen molar-refractivity contribution >= 4 is 28.6 Å². The van der Waals surface area contributed by atoms with Gasteiger partial charge in [-0.2, -0.15) is 0 Å². The summed E-state index contributed by atoms with van der Waals surface area (Å²) in [6.07, 6.45) is 1.78. The smallest absolute Gasteiger partial charge is 0.258 e. The first kappa shape index (κ1) is 20.3. The predicted octanol–water partition coefficient (Wildman–Crippen LogP) is 1.61. The van der Waals surface area contributed by atoms with Crippen molar-refractivity contribution in [3.63, 3.8) is 0 Å². The Labute approximate surface area is 178 Å². The van der Waals surface area contributed by atoms with Crippen molar-refractivity contribution in [2.45, 2.75) is 25.9 Å². The van der Waals surface area contributed by atoms with E-state index in [0.29, 0.717) is 18.0 Å². The molecule has 4 rings (SSSR count). The molecule has 1 aromatic heterocycles. The average molecular weight is 422 g/mol. The zero-order chi connectivity index (χ0) is 21.6. The number of hydrogen-bond donors (Lipinski definition) is 3. The molecular weight excluding hydrogens is 400 g/mol. The fourth-order valence-electron chi connectivity index (χ4n) is 3.24. The zero-order valence-corrected chi connectivity index (χ0v) is 16.7. The number of amides is 3. The molecule has 2 heterocycles. The quantitative estimate of drug-likeness (QED) is 0.501. The number of hydrazine groups is 1. The number of carbonyl (C=O) groups is 3. The molecule has 1 aliphatic heterocycles. The van der Waals surface area contributed by atoms with E-state index in [9.17, 15) is 14.4 Å². The lowest BCUT2D eigenvalue weighted by atomic mass is 10.2. The Morgan fingerprint density at radius 3 is 2.55 bits per heavy atom. The number of hydrogen-bond acceptors (Lipinski definition) is 5. The van der Waals surface area contributed by atoms with Crippen molar-refractivity contribution in [1.82, 2.24) is 20.7 Å². The van der Waals surface area contributed by atoms with Gasteiger partial charge in [-0.3, -0.25) is 25.2 Å². The molecule has 0 saturated heterocycles. The number of benzene rings is 2. The van der Waals surface area contributed by atoms with E-state index in [1.807, 2.05) is 42.6 Å². The van der Waals surface area contributed by atoms with Crippen LogP contribution in [-0.2, 0) is 27.5 Å². The third kappa shape index (κ3) is 5.13. The molecule has 3 aromatic rings. The van der Waals surface area contributed by atoms with Crippen molar-refractivity contribution in [1.29, 1.82) is 0 Å². The van der Waals surface area contributed by atoms with Gasteiger partial charge in [0.05, 0.1) is 0 Å². The Kier molecular flexibility index (Phi) is 6.02. The van der Waals surface area contributed by atoms with E-state index in [1.165, 1.54) is 0 Å². The molecule has 3 amide bonds. The van der Waals surface area contributed by atoms with Gasteiger partial charge in [0.1, 0.15) is 6.54 Å². The van der Waals surface area contributed by atoms with Crippen LogP contribution in [0.4, 0.5) is 0 Å². The number of aromatic nitrogens is 1. The van der Waals surface area contributed by atoms with Crippen molar-refractivity contribution in [3.05, 3.63) is 60.3 Å². The maximum Gasteiger partial charge on any atom is 0.258 e. The molecular formula is C22H22N4O5. The second-order valence-electron chi connectivity index (χ2n) is 7.06. The summed E-state index contributed by atoms with van der Waals surface area (Å²) in [5.74, 6) is 0.261. The minimum atomic E-state index is -0.441. The Bertz CT molecular complexity index is 1120. The molecule has 9 heteroatoms.